The molecule has 1 fully saturated rings. The van der Waals surface area contributed by atoms with Crippen molar-refractivity contribution in [1.29, 1.82) is 0 Å². The van der Waals surface area contributed by atoms with Crippen molar-refractivity contribution >= 4 is 29.5 Å². The van der Waals surface area contributed by atoms with E-state index in [0.29, 0.717) is 17.9 Å². The average Bonchev–Trinajstić information content (AvgIpc) is 3.29. The summed E-state index contributed by atoms with van der Waals surface area (Å²) in [5, 5.41) is 5.51. The van der Waals surface area contributed by atoms with Gasteiger partial charge in [-0.2, -0.15) is 0 Å². The first kappa shape index (κ1) is 19.5. The highest BCUT2D eigenvalue weighted by Gasteiger charge is 2.48. The lowest BCUT2D eigenvalue weighted by molar-refractivity contribution is -0.130. The minimum Gasteiger partial charge on any atom is -0.354 e. The van der Waals surface area contributed by atoms with E-state index in [-0.39, 0.29) is 23.1 Å². The standard InChI is InChI=1S/C22H23N3O3S/c1-14(19(26)23-12-11-15-7-3-2-4-8-15)24-20(27)18-13-29-22-17-10-6-5-9-16(17)21(28)25(18)22/h2-10,14,18,22H,11-13H2,1H3,(H,23,26)(H,24,27)/t14-,18-,22+/m0/s1. The Balaban J connectivity index is 1.31. The molecule has 1 saturated heterocycles. The van der Waals surface area contributed by atoms with Crippen LogP contribution in [0.25, 0.3) is 0 Å². The van der Waals surface area contributed by atoms with E-state index in [1.165, 1.54) is 0 Å². The predicted molar refractivity (Wildman–Crippen MR) is 112 cm³/mol. The molecule has 2 aliphatic rings. The summed E-state index contributed by atoms with van der Waals surface area (Å²) in [6.07, 6.45) is 0.731. The van der Waals surface area contributed by atoms with E-state index in [4.69, 9.17) is 0 Å². The third-order valence-corrected chi connectivity index (χ3v) is 6.61. The number of nitrogens with one attached hydrogen (secondary N) is 2. The van der Waals surface area contributed by atoms with Gasteiger partial charge in [0, 0.05) is 17.9 Å². The van der Waals surface area contributed by atoms with Crippen molar-refractivity contribution in [2.24, 2.45) is 0 Å². The van der Waals surface area contributed by atoms with Gasteiger partial charge in [-0.05, 0) is 30.5 Å². The average molecular weight is 410 g/mol. The first-order chi connectivity index (χ1) is 14.1. The molecule has 3 amide bonds. The highest BCUT2D eigenvalue weighted by molar-refractivity contribution is 7.99. The van der Waals surface area contributed by atoms with Crippen molar-refractivity contribution in [3.8, 4) is 0 Å². The van der Waals surface area contributed by atoms with Gasteiger partial charge in [-0.1, -0.05) is 48.5 Å². The second-order valence-corrected chi connectivity index (χ2v) is 8.37. The number of hydrogen-bond donors (Lipinski definition) is 2. The van der Waals surface area contributed by atoms with Crippen LogP contribution in [-0.2, 0) is 16.0 Å². The van der Waals surface area contributed by atoms with Gasteiger partial charge in [0.05, 0.1) is 0 Å². The number of carbonyl (C=O) groups is 3. The minimum atomic E-state index is -0.664. The fourth-order valence-corrected chi connectivity index (χ4v) is 5.21. The molecule has 0 aliphatic carbocycles. The molecule has 29 heavy (non-hydrogen) atoms. The molecule has 2 N–H and O–H groups in total. The normalized spacial score (nSPS) is 20.7. The van der Waals surface area contributed by atoms with E-state index in [1.54, 1.807) is 29.7 Å². The third kappa shape index (κ3) is 3.87. The summed E-state index contributed by atoms with van der Waals surface area (Å²) in [6.45, 7) is 2.17. The number of benzene rings is 2. The number of carbonyl (C=O) groups excluding carboxylic acids is 3. The Morgan fingerprint density at radius 3 is 2.66 bits per heavy atom. The topological polar surface area (TPSA) is 78.5 Å². The van der Waals surface area contributed by atoms with Crippen LogP contribution in [0.2, 0.25) is 0 Å². The molecule has 0 bridgehead atoms. The molecule has 3 atom stereocenters. The number of amides is 3. The van der Waals surface area contributed by atoms with Gasteiger partial charge in [0.15, 0.2) is 0 Å². The summed E-state index contributed by atoms with van der Waals surface area (Å²) in [5.41, 5.74) is 2.77. The molecule has 0 unspecified atom stereocenters. The molecule has 0 radical (unpaired) electrons. The fourth-order valence-electron chi connectivity index (χ4n) is 3.75. The molecular formula is C22H23N3O3S. The lowest BCUT2D eigenvalue weighted by Crippen LogP contribution is -2.52. The minimum absolute atomic E-state index is 0.115. The SMILES string of the molecule is C[C@H](NC(=O)[C@@H]1CS[C@@H]2c3ccccc3C(=O)N21)C(=O)NCCc1ccccc1. The van der Waals surface area contributed by atoms with Crippen molar-refractivity contribution in [2.75, 3.05) is 12.3 Å². The van der Waals surface area contributed by atoms with E-state index < -0.39 is 12.1 Å². The van der Waals surface area contributed by atoms with Crippen LogP contribution in [0, 0.1) is 0 Å². The Kier molecular flexibility index (Phi) is 5.58. The summed E-state index contributed by atoms with van der Waals surface area (Å²) in [6, 6.07) is 16.2. The van der Waals surface area contributed by atoms with Crippen LogP contribution in [0.3, 0.4) is 0 Å². The number of hydrogen-bond acceptors (Lipinski definition) is 4. The highest BCUT2D eigenvalue weighted by atomic mass is 32.2. The zero-order valence-corrected chi connectivity index (χ0v) is 16.9. The Labute approximate surface area is 174 Å². The van der Waals surface area contributed by atoms with Crippen molar-refractivity contribution < 1.29 is 14.4 Å². The molecule has 7 heteroatoms. The van der Waals surface area contributed by atoms with Crippen molar-refractivity contribution in [2.45, 2.75) is 30.8 Å². The van der Waals surface area contributed by atoms with Gasteiger partial charge in [-0.15, -0.1) is 11.8 Å². The Bertz CT molecular complexity index is 934. The summed E-state index contributed by atoms with van der Waals surface area (Å²) in [4.78, 5) is 39.5. The molecule has 0 saturated carbocycles. The summed E-state index contributed by atoms with van der Waals surface area (Å²) in [7, 11) is 0. The van der Waals surface area contributed by atoms with E-state index >= 15 is 0 Å². The number of nitrogens with zero attached hydrogens (tertiary/aromatic N) is 1. The van der Waals surface area contributed by atoms with Crippen LogP contribution in [0.1, 0.15) is 33.8 Å². The van der Waals surface area contributed by atoms with Gasteiger partial charge in [-0.25, -0.2) is 0 Å². The van der Waals surface area contributed by atoms with Gasteiger partial charge < -0.3 is 15.5 Å². The predicted octanol–water partition coefficient (Wildman–Crippen LogP) is 2.12. The van der Waals surface area contributed by atoms with Crippen molar-refractivity contribution in [1.82, 2.24) is 15.5 Å². The van der Waals surface area contributed by atoms with Crippen LogP contribution in [-0.4, -0.2) is 47.0 Å². The van der Waals surface area contributed by atoms with Crippen molar-refractivity contribution in [3.63, 3.8) is 0 Å². The summed E-state index contributed by atoms with van der Waals surface area (Å²) in [5.74, 6) is -0.103. The number of rotatable bonds is 6. The molecule has 0 aromatic heterocycles. The van der Waals surface area contributed by atoms with Gasteiger partial charge >= 0.3 is 0 Å². The first-order valence-corrected chi connectivity index (χ1v) is 10.8. The largest absolute Gasteiger partial charge is 0.354 e. The fraction of sp³-hybridized carbons (Fsp3) is 0.318. The maximum atomic E-state index is 12.8. The summed E-state index contributed by atoms with van der Waals surface area (Å²) >= 11 is 1.59. The number of thioether (sulfide) groups is 1. The van der Waals surface area contributed by atoms with E-state index in [0.717, 1.165) is 17.5 Å². The maximum absolute atomic E-state index is 12.8. The van der Waals surface area contributed by atoms with Crippen LogP contribution in [0.5, 0.6) is 0 Å². The van der Waals surface area contributed by atoms with Crippen LogP contribution < -0.4 is 10.6 Å². The lowest BCUT2D eigenvalue weighted by atomic mass is 10.1. The molecule has 2 aromatic rings. The Hall–Kier alpha value is -2.80. The van der Waals surface area contributed by atoms with E-state index in [2.05, 4.69) is 10.6 Å². The molecule has 2 heterocycles. The smallest absolute Gasteiger partial charge is 0.256 e. The Morgan fingerprint density at radius 2 is 1.86 bits per heavy atom. The molecule has 150 valence electrons. The lowest BCUT2D eigenvalue weighted by Gasteiger charge is -2.24. The van der Waals surface area contributed by atoms with Crippen LogP contribution in [0.15, 0.2) is 54.6 Å². The highest BCUT2D eigenvalue weighted by Crippen LogP contribution is 2.48. The molecule has 6 nitrogen and oxygen atoms in total. The molecule has 4 rings (SSSR count). The number of fused-ring (bicyclic) bond motifs is 3. The van der Waals surface area contributed by atoms with Gasteiger partial charge in [0.2, 0.25) is 11.8 Å². The van der Waals surface area contributed by atoms with E-state index in [1.807, 2.05) is 48.5 Å². The monoisotopic (exact) mass is 409 g/mol. The second kappa shape index (κ2) is 8.29. The molecule has 2 aliphatic heterocycles. The second-order valence-electron chi connectivity index (χ2n) is 7.26. The molecular weight excluding hydrogens is 386 g/mol. The third-order valence-electron chi connectivity index (χ3n) is 5.30. The van der Waals surface area contributed by atoms with Crippen LogP contribution in [0.4, 0.5) is 0 Å². The Morgan fingerprint density at radius 1 is 1.14 bits per heavy atom. The van der Waals surface area contributed by atoms with Gasteiger partial charge in [0.1, 0.15) is 17.5 Å². The first-order valence-electron chi connectivity index (χ1n) is 9.71. The molecule has 2 aromatic carbocycles. The van der Waals surface area contributed by atoms with Gasteiger partial charge in [0.25, 0.3) is 5.91 Å². The quantitative estimate of drug-likeness (QED) is 0.766. The zero-order valence-electron chi connectivity index (χ0n) is 16.1. The van der Waals surface area contributed by atoms with E-state index in [9.17, 15) is 14.4 Å². The van der Waals surface area contributed by atoms with Crippen molar-refractivity contribution in [3.05, 3.63) is 71.3 Å². The summed E-state index contributed by atoms with van der Waals surface area (Å²) < 4.78 is 0. The van der Waals surface area contributed by atoms with Crippen LogP contribution >= 0.6 is 11.8 Å². The zero-order chi connectivity index (χ0) is 20.4. The maximum Gasteiger partial charge on any atom is 0.256 e. The molecule has 0 spiro atoms. The van der Waals surface area contributed by atoms with Gasteiger partial charge in [-0.3, -0.25) is 14.4 Å².